The summed E-state index contributed by atoms with van der Waals surface area (Å²) >= 11 is 0. The number of carbonyl (C=O) groups is 1. The van der Waals surface area contributed by atoms with Crippen LogP contribution in [0.1, 0.15) is 36.0 Å². The monoisotopic (exact) mass is 235 g/mol. The minimum absolute atomic E-state index is 0.223. The highest BCUT2D eigenvalue weighted by molar-refractivity contribution is 5.93. The Kier molecular flexibility index (Phi) is 3.56. The van der Waals surface area contributed by atoms with Crippen LogP contribution in [0, 0.1) is 5.92 Å². The van der Waals surface area contributed by atoms with E-state index < -0.39 is 5.97 Å². The van der Waals surface area contributed by atoms with E-state index in [2.05, 4.69) is 10.2 Å². The zero-order valence-electron chi connectivity index (χ0n) is 9.96. The number of anilines is 1. The van der Waals surface area contributed by atoms with Gasteiger partial charge < -0.3 is 10.0 Å². The second-order valence-electron chi connectivity index (χ2n) is 4.60. The summed E-state index contributed by atoms with van der Waals surface area (Å²) in [5.74, 6) is 0.170. The number of hydrogen-bond donors (Lipinski definition) is 1. The van der Waals surface area contributed by atoms with Gasteiger partial charge >= 0.3 is 5.97 Å². The quantitative estimate of drug-likeness (QED) is 0.862. The fraction of sp³-hybridized carbons (Fsp3) is 0.583. The van der Waals surface area contributed by atoms with Crippen LogP contribution in [0.15, 0.2) is 12.3 Å². The molecule has 5 nitrogen and oxygen atoms in total. The van der Waals surface area contributed by atoms with E-state index in [1.54, 1.807) is 0 Å². The first-order valence-corrected chi connectivity index (χ1v) is 5.94. The fourth-order valence-corrected chi connectivity index (χ4v) is 2.44. The summed E-state index contributed by atoms with van der Waals surface area (Å²) in [5, 5.41) is 16.8. The molecule has 0 amide bonds. The van der Waals surface area contributed by atoms with Crippen LogP contribution in [0.2, 0.25) is 0 Å². The molecule has 5 heteroatoms. The Morgan fingerprint density at radius 2 is 2.24 bits per heavy atom. The summed E-state index contributed by atoms with van der Waals surface area (Å²) in [7, 11) is 1.88. The average molecular weight is 235 g/mol. The Labute approximate surface area is 100 Å². The molecule has 0 atom stereocenters. The first-order valence-electron chi connectivity index (χ1n) is 5.94. The maximum absolute atomic E-state index is 11.1. The van der Waals surface area contributed by atoms with Gasteiger partial charge in [-0.3, -0.25) is 0 Å². The third-order valence-corrected chi connectivity index (χ3v) is 3.30. The van der Waals surface area contributed by atoms with Gasteiger partial charge in [-0.15, -0.1) is 5.10 Å². The lowest BCUT2D eigenvalue weighted by molar-refractivity contribution is 0.0697. The molecule has 2 rings (SSSR count). The van der Waals surface area contributed by atoms with Gasteiger partial charge in [0, 0.05) is 13.6 Å². The summed E-state index contributed by atoms with van der Waals surface area (Å²) in [6.07, 6.45) is 6.44. The molecule has 0 aliphatic heterocycles. The Morgan fingerprint density at radius 3 is 2.88 bits per heavy atom. The summed E-state index contributed by atoms with van der Waals surface area (Å²) < 4.78 is 0. The van der Waals surface area contributed by atoms with Crippen molar-refractivity contribution >= 4 is 11.8 Å². The van der Waals surface area contributed by atoms with Crippen molar-refractivity contribution in [3.8, 4) is 0 Å². The molecule has 92 valence electrons. The Balaban J connectivity index is 2.12. The first-order chi connectivity index (χ1) is 8.18. The second kappa shape index (κ2) is 5.12. The highest BCUT2D eigenvalue weighted by atomic mass is 16.4. The molecule has 1 aliphatic carbocycles. The molecule has 1 aliphatic rings. The number of aromatic carboxylic acids is 1. The minimum atomic E-state index is -0.951. The molecule has 0 bridgehead atoms. The number of aromatic nitrogens is 2. The molecule has 1 saturated carbocycles. The van der Waals surface area contributed by atoms with Crippen molar-refractivity contribution in [1.29, 1.82) is 0 Å². The van der Waals surface area contributed by atoms with Gasteiger partial charge in [0.15, 0.2) is 5.82 Å². The molecular formula is C12H17N3O2. The van der Waals surface area contributed by atoms with Crippen LogP contribution >= 0.6 is 0 Å². The molecule has 0 unspecified atom stereocenters. The molecule has 0 saturated heterocycles. The van der Waals surface area contributed by atoms with Gasteiger partial charge in [0.05, 0.1) is 6.20 Å². The smallest absolute Gasteiger partial charge is 0.339 e. The van der Waals surface area contributed by atoms with Gasteiger partial charge in [0.1, 0.15) is 5.56 Å². The zero-order chi connectivity index (χ0) is 12.3. The van der Waals surface area contributed by atoms with Crippen LogP contribution in [-0.2, 0) is 0 Å². The maximum atomic E-state index is 11.1. The van der Waals surface area contributed by atoms with Crippen molar-refractivity contribution in [2.45, 2.75) is 25.7 Å². The van der Waals surface area contributed by atoms with E-state index in [1.807, 2.05) is 11.9 Å². The summed E-state index contributed by atoms with van der Waals surface area (Å²) in [6, 6.07) is 1.50. The number of nitrogens with zero attached hydrogens (tertiary/aromatic N) is 3. The van der Waals surface area contributed by atoms with Crippen molar-refractivity contribution in [2.75, 3.05) is 18.5 Å². The van der Waals surface area contributed by atoms with E-state index in [9.17, 15) is 4.79 Å². The van der Waals surface area contributed by atoms with Crippen LogP contribution in [0.3, 0.4) is 0 Å². The Bertz CT molecular complexity index is 402. The maximum Gasteiger partial charge on any atom is 0.339 e. The fourth-order valence-electron chi connectivity index (χ4n) is 2.44. The van der Waals surface area contributed by atoms with E-state index in [4.69, 9.17) is 5.11 Å². The van der Waals surface area contributed by atoms with Gasteiger partial charge in [-0.2, -0.15) is 5.10 Å². The van der Waals surface area contributed by atoms with Crippen LogP contribution in [0.5, 0.6) is 0 Å². The van der Waals surface area contributed by atoms with Crippen LogP contribution in [0.25, 0.3) is 0 Å². The average Bonchev–Trinajstić information content (AvgIpc) is 2.81. The molecule has 1 N–H and O–H groups in total. The molecule has 1 heterocycles. The number of hydrogen-bond acceptors (Lipinski definition) is 4. The zero-order valence-corrected chi connectivity index (χ0v) is 9.96. The summed E-state index contributed by atoms with van der Waals surface area (Å²) in [6.45, 7) is 0.860. The lowest BCUT2D eigenvalue weighted by Crippen LogP contribution is -2.27. The lowest BCUT2D eigenvalue weighted by Gasteiger charge is -2.22. The van der Waals surface area contributed by atoms with Crippen LogP contribution < -0.4 is 4.90 Å². The molecular weight excluding hydrogens is 218 g/mol. The summed E-state index contributed by atoms with van der Waals surface area (Å²) in [5.41, 5.74) is 0.223. The van der Waals surface area contributed by atoms with Gasteiger partial charge in [0.2, 0.25) is 0 Å². The first kappa shape index (κ1) is 11.8. The molecule has 0 aromatic carbocycles. The number of carboxylic acid groups (broad SMARTS) is 1. The van der Waals surface area contributed by atoms with E-state index in [0.29, 0.717) is 11.7 Å². The highest BCUT2D eigenvalue weighted by Gasteiger charge is 2.20. The summed E-state index contributed by atoms with van der Waals surface area (Å²) in [4.78, 5) is 13.0. The van der Waals surface area contributed by atoms with Gasteiger partial charge in [-0.1, -0.05) is 12.8 Å². The van der Waals surface area contributed by atoms with Crippen molar-refractivity contribution in [2.24, 2.45) is 5.92 Å². The third-order valence-electron chi connectivity index (χ3n) is 3.30. The largest absolute Gasteiger partial charge is 0.478 e. The van der Waals surface area contributed by atoms with Crippen molar-refractivity contribution < 1.29 is 9.90 Å². The lowest BCUT2D eigenvalue weighted by atomic mass is 10.1. The SMILES string of the molecule is CN(CC1CCCC1)c1nnccc1C(=O)O. The van der Waals surface area contributed by atoms with E-state index >= 15 is 0 Å². The third kappa shape index (κ3) is 2.72. The predicted molar refractivity (Wildman–Crippen MR) is 64.2 cm³/mol. The molecule has 1 fully saturated rings. The number of carboxylic acids is 1. The van der Waals surface area contributed by atoms with E-state index in [-0.39, 0.29) is 5.56 Å². The van der Waals surface area contributed by atoms with Crippen LogP contribution in [0.4, 0.5) is 5.82 Å². The molecule has 0 spiro atoms. The Hall–Kier alpha value is -1.65. The Morgan fingerprint density at radius 1 is 1.53 bits per heavy atom. The molecule has 0 radical (unpaired) electrons. The van der Waals surface area contributed by atoms with E-state index in [1.165, 1.54) is 37.9 Å². The van der Waals surface area contributed by atoms with Gasteiger partial charge in [-0.05, 0) is 24.8 Å². The molecule has 17 heavy (non-hydrogen) atoms. The van der Waals surface area contributed by atoms with Crippen molar-refractivity contribution in [1.82, 2.24) is 10.2 Å². The predicted octanol–water partition coefficient (Wildman–Crippen LogP) is 1.80. The van der Waals surface area contributed by atoms with Gasteiger partial charge in [0.25, 0.3) is 0 Å². The second-order valence-corrected chi connectivity index (χ2v) is 4.60. The standard InChI is InChI=1S/C12H17N3O2/c1-15(8-9-4-2-3-5-9)11-10(12(16)17)6-7-13-14-11/h6-7,9H,2-5,8H2,1H3,(H,16,17). The van der Waals surface area contributed by atoms with Crippen molar-refractivity contribution in [3.05, 3.63) is 17.8 Å². The molecule has 1 aromatic heterocycles. The van der Waals surface area contributed by atoms with E-state index in [0.717, 1.165) is 6.54 Å². The topological polar surface area (TPSA) is 66.3 Å². The van der Waals surface area contributed by atoms with Crippen LogP contribution in [-0.4, -0.2) is 34.9 Å². The minimum Gasteiger partial charge on any atom is -0.478 e. The van der Waals surface area contributed by atoms with Gasteiger partial charge in [-0.25, -0.2) is 4.79 Å². The number of rotatable bonds is 4. The normalized spacial score (nSPS) is 16.1. The highest BCUT2D eigenvalue weighted by Crippen LogP contribution is 2.27. The van der Waals surface area contributed by atoms with Crippen molar-refractivity contribution in [3.63, 3.8) is 0 Å². The molecule has 1 aromatic rings.